The molecule has 0 radical (unpaired) electrons. The van der Waals surface area contributed by atoms with Crippen LogP contribution in [-0.2, 0) is 4.79 Å². The van der Waals surface area contributed by atoms with E-state index in [1.165, 1.54) is 0 Å². The smallest absolute Gasteiger partial charge is 0.307 e. The largest absolute Gasteiger partial charge is 0.481 e. The van der Waals surface area contributed by atoms with E-state index in [1.807, 2.05) is 0 Å². The van der Waals surface area contributed by atoms with Gasteiger partial charge in [0.05, 0.1) is 12.6 Å². The molecule has 0 bridgehead atoms. The van der Waals surface area contributed by atoms with Gasteiger partial charge in [-0.15, -0.1) is 0 Å². The van der Waals surface area contributed by atoms with Gasteiger partial charge in [0.15, 0.2) is 0 Å². The summed E-state index contributed by atoms with van der Waals surface area (Å²) < 4.78 is 11.9. The first-order chi connectivity index (χ1) is 4.89. The molecule has 0 aromatic heterocycles. The number of hydrogen-bond acceptors (Lipinski definition) is 1. The molecule has 2 nitrogen and oxygen atoms in total. The summed E-state index contributed by atoms with van der Waals surface area (Å²) in [5.41, 5.74) is -0.349. The van der Waals surface area contributed by atoms with Gasteiger partial charge in [0, 0.05) is 0 Å². The quantitative estimate of drug-likeness (QED) is 0.690. The molecule has 1 unspecified atom stereocenters. The maximum atomic E-state index is 11.9. The third-order valence-corrected chi connectivity index (χ3v) is 1.74. The van der Waals surface area contributed by atoms with E-state index in [-0.39, 0.29) is 11.8 Å². The van der Waals surface area contributed by atoms with Crippen molar-refractivity contribution < 1.29 is 14.3 Å². The Bertz CT molecular complexity index is 138. The van der Waals surface area contributed by atoms with Gasteiger partial charge >= 0.3 is 5.97 Å². The highest BCUT2D eigenvalue weighted by Gasteiger charge is 2.30. The molecule has 0 aliphatic carbocycles. The van der Waals surface area contributed by atoms with Crippen LogP contribution in [0, 0.1) is 11.3 Å². The molecule has 0 aromatic carbocycles. The van der Waals surface area contributed by atoms with Gasteiger partial charge in [-0.05, 0) is 11.8 Å². The second-order valence-corrected chi connectivity index (χ2v) is 3.73. The van der Waals surface area contributed by atoms with Crippen LogP contribution in [0.4, 0.5) is 4.39 Å². The highest BCUT2D eigenvalue weighted by molar-refractivity contribution is 5.70. The summed E-state index contributed by atoms with van der Waals surface area (Å²) in [7, 11) is 0. The van der Waals surface area contributed by atoms with Crippen LogP contribution in [0.5, 0.6) is 0 Å². The Labute approximate surface area is 66.4 Å². The molecule has 0 aliphatic rings. The van der Waals surface area contributed by atoms with Gasteiger partial charge in [-0.2, -0.15) is 0 Å². The topological polar surface area (TPSA) is 37.3 Å². The normalized spacial score (nSPS) is 14.5. The minimum atomic E-state index is -0.907. The lowest BCUT2D eigenvalue weighted by atomic mass is 9.79. The van der Waals surface area contributed by atoms with Crippen LogP contribution in [0.2, 0.25) is 0 Å². The van der Waals surface area contributed by atoms with Crippen LogP contribution in [0.3, 0.4) is 0 Å². The van der Waals surface area contributed by atoms with Crippen molar-refractivity contribution in [3.8, 4) is 0 Å². The highest BCUT2D eigenvalue weighted by Crippen LogP contribution is 2.28. The number of alkyl halides is 1. The first kappa shape index (κ1) is 10.4. The first-order valence-corrected chi connectivity index (χ1v) is 3.68. The fourth-order valence-corrected chi connectivity index (χ4v) is 1.04. The fourth-order valence-electron chi connectivity index (χ4n) is 1.04. The van der Waals surface area contributed by atoms with E-state index in [9.17, 15) is 9.18 Å². The van der Waals surface area contributed by atoms with Crippen LogP contribution < -0.4 is 0 Å². The molecule has 1 atom stereocenters. The zero-order valence-corrected chi connectivity index (χ0v) is 7.22. The summed E-state index contributed by atoms with van der Waals surface area (Å²) in [6, 6.07) is 0. The Kier molecular flexibility index (Phi) is 3.49. The van der Waals surface area contributed by atoms with Crippen molar-refractivity contribution >= 4 is 5.97 Å². The maximum Gasteiger partial charge on any atom is 0.307 e. The lowest BCUT2D eigenvalue weighted by Crippen LogP contribution is -2.28. The SMILES string of the molecule is CC(C)(C)C(CCF)C(=O)O. The Morgan fingerprint density at radius 1 is 1.55 bits per heavy atom. The minimum absolute atomic E-state index is 0.110. The predicted molar refractivity (Wildman–Crippen MR) is 41.2 cm³/mol. The molecule has 0 aromatic rings. The monoisotopic (exact) mass is 162 g/mol. The Morgan fingerprint density at radius 2 is 2.00 bits per heavy atom. The van der Waals surface area contributed by atoms with Crippen molar-refractivity contribution in [1.29, 1.82) is 0 Å². The van der Waals surface area contributed by atoms with Crippen molar-refractivity contribution in [3.63, 3.8) is 0 Å². The average Bonchev–Trinajstić information content (AvgIpc) is 1.79. The minimum Gasteiger partial charge on any atom is -0.481 e. The van der Waals surface area contributed by atoms with E-state index < -0.39 is 18.6 Å². The van der Waals surface area contributed by atoms with E-state index in [4.69, 9.17) is 5.11 Å². The number of carboxylic acid groups (broad SMARTS) is 1. The standard InChI is InChI=1S/C8H15FO2/c1-8(2,3)6(4-5-9)7(10)11/h6H,4-5H2,1-3H3,(H,10,11). The molecule has 0 fully saturated rings. The lowest BCUT2D eigenvalue weighted by molar-refractivity contribution is -0.145. The fraction of sp³-hybridized carbons (Fsp3) is 0.875. The Hall–Kier alpha value is -0.600. The zero-order valence-electron chi connectivity index (χ0n) is 7.22. The summed E-state index contributed by atoms with van der Waals surface area (Å²) in [5.74, 6) is -1.48. The molecule has 0 aliphatic heterocycles. The Morgan fingerprint density at radius 3 is 2.09 bits per heavy atom. The molecule has 0 amide bonds. The van der Waals surface area contributed by atoms with E-state index in [2.05, 4.69) is 0 Å². The van der Waals surface area contributed by atoms with Crippen LogP contribution in [0.1, 0.15) is 27.2 Å². The molecule has 0 heterocycles. The van der Waals surface area contributed by atoms with Crippen molar-refractivity contribution in [2.45, 2.75) is 27.2 Å². The second kappa shape index (κ2) is 3.69. The summed E-state index contributed by atoms with van der Waals surface area (Å²) >= 11 is 0. The number of rotatable bonds is 3. The van der Waals surface area contributed by atoms with Gasteiger partial charge in [-0.3, -0.25) is 9.18 Å². The number of carboxylic acids is 1. The van der Waals surface area contributed by atoms with Crippen molar-refractivity contribution in [1.82, 2.24) is 0 Å². The van der Waals surface area contributed by atoms with Crippen molar-refractivity contribution in [2.75, 3.05) is 6.67 Å². The molecular formula is C8H15FO2. The third kappa shape index (κ3) is 3.35. The highest BCUT2D eigenvalue weighted by atomic mass is 19.1. The predicted octanol–water partition coefficient (Wildman–Crippen LogP) is 2.09. The molecular weight excluding hydrogens is 147 g/mol. The first-order valence-electron chi connectivity index (χ1n) is 3.68. The number of hydrogen-bond donors (Lipinski definition) is 1. The van der Waals surface area contributed by atoms with Gasteiger partial charge in [0.25, 0.3) is 0 Å². The van der Waals surface area contributed by atoms with Gasteiger partial charge in [0.1, 0.15) is 0 Å². The van der Waals surface area contributed by atoms with Crippen molar-refractivity contribution in [2.24, 2.45) is 11.3 Å². The van der Waals surface area contributed by atoms with Gasteiger partial charge in [-0.25, -0.2) is 0 Å². The molecule has 11 heavy (non-hydrogen) atoms. The molecule has 0 saturated carbocycles. The maximum absolute atomic E-state index is 11.9. The van der Waals surface area contributed by atoms with Crippen LogP contribution in [0.15, 0.2) is 0 Å². The van der Waals surface area contributed by atoms with Crippen molar-refractivity contribution in [3.05, 3.63) is 0 Å². The van der Waals surface area contributed by atoms with Gasteiger partial charge in [-0.1, -0.05) is 20.8 Å². The van der Waals surface area contributed by atoms with Crippen LogP contribution in [0.25, 0.3) is 0 Å². The van der Waals surface area contributed by atoms with Crippen LogP contribution in [-0.4, -0.2) is 17.8 Å². The summed E-state index contributed by atoms with van der Waals surface area (Å²) in [4.78, 5) is 10.6. The van der Waals surface area contributed by atoms with E-state index in [1.54, 1.807) is 20.8 Å². The molecule has 0 rings (SSSR count). The summed E-state index contributed by atoms with van der Waals surface area (Å²) in [6.07, 6.45) is 0.110. The Balaban J connectivity index is 4.22. The van der Waals surface area contributed by atoms with Gasteiger partial charge in [0.2, 0.25) is 0 Å². The number of halogens is 1. The molecule has 66 valence electrons. The van der Waals surface area contributed by atoms with E-state index in [0.29, 0.717) is 0 Å². The van der Waals surface area contributed by atoms with Gasteiger partial charge < -0.3 is 5.11 Å². The molecule has 0 spiro atoms. The average molecular weight is 162 g/mol. The lowest BCUT2D eigenvalue weighted by Gasteiger charge is -2.25. The molecule has 0 saturated heterocycles. The molecule has 1 N–H and O–H groups in total. The zero-order chi connectivity index (χ0) is 9.07. The summed E-state index contributed by atoms with van der Waals surface area (Å²) in [6.45, 7) is 4.86. The van der Waals surface area contributed by atoms with E-state index in [0.717, 1.165) is 0 Å². The summed E-state index contributed by atoms with van der Waals surface area (Å²) in [5, 5.41) is 8.67. The van der Waals surface area contributed by atoms with Crippen LogP contribution >= 0.6 is 0 Å². The number of carbonyl (C=O) groups is 1. The molecule has 3 heteroatoms. The second-order valence-electron chi connectivity index (χ2n) is 3.73. The van der Waals surface area contributed by atoms with E-state index >= 15 is 0 Å². The number of aliphatic carboxylic acids is 1. The third-order valence-electron chi connectivity index (χ3n) is 1.74.